The van der Waals surface area contributed by atoms with Gasteiger partial charge in [-0.05, 0) is 5.57 Å². The summed E-state index contributed by atoms with van der Waals surface area (Å²) >= 11 is 0. The van der Waals surface area contributed by atoms with Crippen LogP contribution in [0.2, 0.25) is 0 Å². The van der Waals surface area contributed by atoms with Crippen LogP contribution in [0.5, 0.6) is 0 Å². The highest BCUT2D eigenvalue weighted by molar-refractivity contribution is 7.80. The Bertz CT molecular complexity index is 1070. The molecule has 1 aromatic heterocycles. The second-order valence-corrected chi connectivity index (χ2v) is 7.24. The van der Waals surface area contributed by atoms with E-state index in [1.54, 1.807) is 6.08 Å². The normalized spacial score (nSPS) is 20.8. The SMILES string of the molecule is Cn1cc(C2=C[C@H](C[NH3+])N3C[C@@H]2N(OS(=O)(=O)[O-])C3=O)cnc1=O.O=C(O)C(F)(F)F. The molecule has 0 aliphatic carbocycles. The third kappa shape index (κ3) is 5.57. The largest absolute Gasteiger partial charge is 0.724 e. The van der Waals surface area contributed by atoms with Crippen LogP contribution in [0.25, 0.3) is 5.57 Å². The molecule has 17 heteroatoms. The summed E-state index contributed by atoms with van der Waals surface area (Å²) in [5, 5.41) is 7.68. The van der Waals surface area contributed by atoms with Crippen LogP contribution in [0.15, 0.2) is 23.3 Å². The minimum atomic E-state index is -5.11. The second-order valence-electron chi connectivity index (χ2n) is 6.28. The fraction of sp³-hybridized carbons (Fsp3) is 0.429. The Morgan fingerprint density at radius 1 is 1.42 bits per heavy atom. The van der Waals surface area contributed by atoms with Gasteiger partial charge >= 0.3 is 23.9 Å². The summed E-state index contributed by atoms with van der Waals surface area (Å²) < 4.78 is 70.1. The number of carboxylic acid groups (broad SMARTS) is 1. The Labute approximate surface area is 172 Å². The van der Waals surface area contributed by atoms with Crippen molar-refractivity contribution in [2.45, 2.75) is 18.3 Å². The van der Waals surface area contributed by atoms with Crippen molar-refractivity contribution >= 4 is 28.0 Å². The number of carboxylic acids is 1. The van der Waals surface area contributed by atoms with Gasteiger partial charge in [-0.15, -0.1) is 0 Å². The molecule has 13 nitrogen and oxygen atoms in total. The number of aryl methyl sites for hydroxylation is 1. The number of hydrogen-bond donors (Lipinski definition) is 2. The number of nitrogens with zero attached hydrogens (tertiary/aromatic N) is 4. The number of amides is 2. The predicted octanol–water partition coefficient (Wildman–Crippen LogP) is -2.08. The Balaban J connectivity index is 0.000000423. The molecule has 0 aromatic carbocycles. The number of aliphatic carboxylic acids is 1. The van der Waals surface area contributed by atoms with E-state index in [4.69, 9.17) is 9.90 Å². The molecule has 2 atom stereocenters. The number of hydroxylamine groups is 2. The molecular formula is C14H16F3N5O8S. The number of alkyl halides is 3. The predicted molar refractivity (Wildman–Crippen MR) is 91.2 cm³/mol. The number of rotatable bonds is 4. The van der Waals surface area contributed by atoms with Gasteiger partial charge in [0.05, 0.1) is 13.1 Å². The molecule has 0 spiro atoms. The van der Waals surface area contributed by atoms with Crippen LogP contribution in [0, 0.1) is 0 Å². The van der Waals surface area contributed by atoms with Gasteiger partial charge in [0.25, 0.3) is 0 Å². The van der Waals surface area contributed by atoms with Crippen LogP contribution >= 0.6 is 0 Å². The van der Waals surface area contributed by atoms with Gasteiger partial charge in [0.2, 0.25) is 10.4 Å². The highest BCUT2D eigenvalue weighted by atomic mass is 32.3. The lowest BCUT2D eigenvalue weighted by atomic mass is 9.95. The van der Waals surface area contributed by atoms with Crippen molar-refractivity contribution < 1.29 is 50.9 Å². The number of fused-ring (bicyclic) bond motifs is 2. The average molecular weight is 471 g/mol. The first-order valence-electron chi connectivity index (χ1n) is 8.25. The molecule has 0 saturated carbocycles. The van der Waals surface area contributed by atoms with Crippen molar-refractivity contribution in [3.05, 3.63) is 34.5 Å². The average Bonchev–Trinajstić information content (AvgIpc) is 2.89. The fourth-order valence-electron chi connectivity index (χ4n) is 2.88. The van der Waals surface area contributed by atoms with Gasteiger partial charge < -0.3 is 24.9 Å². The standard InChI is InChI=1S/C12H15N5O6S.C2HF3O2/c1-15-5-7(4-14-11(15)18)9-2-8(3-13)16-6-10(9)17(12(16)19)23-24(20,21)22;3-2(4,5)1(6)7/h2,4-5,8,10H,3,6,13H2,1H3,(H,20,21,22);(H,6,7)/t8-,10+;/m1./s1. The third-order valence-corrected chi connectivity index (χ3v) is 4.55. The van der Waals surface area contributed by atoms with Crippen molar-refractivity contribution in [1.29, 1.82) is 0 Å². The first-order chi connectivity index (χ1) is 14.2. The lowest BCUT2D eigenvalue weighted by Crippen LogP contribution is -2.60. The maximum absolute atomic E-state index is 12.3. The highest BCUT2D eigenvalue weighted by Gasteiger charge is 2.48. The first-order valence-corrected chi connectivity index (χ1v) is 9.58. The monoisotopic (exact) mass is 471 g/mol. The number of carbonyl (C=O) groups excluding carboxylic acids is 1. The van der Waals surface area contributed by atoms with Crippen LogP contribution in [0.3, 0.4) is 0 Å². The van der Waals surface area contributed by atoms with Gasteiger partial charge in [-0.25, -0.2) is 27.8 Å². The number of aromatic nitrogens is 2. The maximum Gasteiger partial charge on any atom is 0.490 e. The Morgan fingerprint density at radius 3 is 2.45 bits per heavy atom. The summed E-state index contributed by atoms with van der Waals surface area (Å²) in [7, 11) is -3.59. The van der Waals surface area contributed by atoms with Gasteiger partial charge in [0.15, 0.2) is 0 Å². The molecule has 1 saturated heterocycles. The number of hydrogen-bond acceptors (Lipinski definition) is 8. The number of halogens is 3. The third-order valence-electron chi connectivity index (χ3n) is 4.21. The van der Waals surface area contributed by atoms with E-state index in [9.17, 15) is 35.7 Å². The quantitative estimate of drug-likeness (QED) is 0.366. The van der Waals surface area contributed by atoms with Gasteiger partial charge in [0, 0.05) is 25.0 Å². The fourth-order valence-corrected chi connectivity index (χ4v) is 3.25. The minimum absolute atomic E-state index is 0.142. The van der Waals surface area contributed by atoms with Gasteiger partial charge in [-0.3, -0.25) is 0 Å². The lowest BCUT2D eigenvalue weighted by molar-refractivity contribution is -0.373. The molecule has 1 aromatic rings. The summed E-state index contributed by atoms with van der Waals surface area (Å²) in [4.78, 5) is 37.8. The molecule has 172 valence electrons. The van der Waals surface area contributed by atoms with E-state index in [-0.39, 0.29) is 12.6 Å². The first kappa shape index (κ1) is 24.3. The van der Waals surface area contributed by atoms with Crippen LogP contribution in [0.1, 0.15) is 5.56 Å². The molecule has 0 radical (unpaired) electrons. The molecule has 0 unspecified atom stereocenters. The van der Waals surface area contributed by atoms with E-state index in [1.165, 1.54) is 28.9 Å². The highest BCUT2D eigenvalue weighted by Crippen LogP contribution is 2.35. The van der Waals surface area contributed by atoms with Crippen molar-refractivity contribution in [3.63, 3.8) is 0 Å². The topological polar surface area (TPSA) is 190 Å². The zero-order valence-corrected chi connectivity index (χ0v) is 16.5. The molecule has 2 bridgehead atoms. The second kappa shape index (κ2) is 8.61. The Hall–Kier alpha value is -3.02. The van der Waals surface area contributed by atoms with Crippen LogP contribution in [-0.2, 0) is 26.5 Å². The summed E-state index contributed by atoms with van der Waals surface area (Å²) in [5.74, 6) is -2.76. The zero-order valence-electron chi connectivity index (χ0n) is 15.6. The van der Waals surface area contributed by atoms with Gasteiger partial charge in [0.1, 0.15) is 12.1 Å². The number of quaternary nitrogens is 1. The smallest absolute Gasteiger partial charge is 0.490 e. The molecule has 2 amide bonds. The van der Waals surface area contributed by atoms with Crippen LogP contribution < -0.4 is 11.4 Å². The number of urea groups is 1. The molecular weight excluding hydrogens is 455 g/mol. The van der Waals surface area contributed by atoms with E-state index < -0.39 is 40.3 Å². The summed E-state index contributed by atoms with van der Waals surface area (Å²) in [6.45, 7) is 0.488. The van der Waals surface area contributed by atoms with Crippen molar-refractivity contribution in [2.75, 3.05) is 13.1 Å². The van der Waals surface area contributed by atoms with E-state index >= 15 is 0 Å². The van der Waals surface area contributed by atoms with E-state index in [2.05, 4.69) is 15.0 Å². The van der Waals surface area contributed by atoms with Crippen LogP contribution in [0.4, 0.5) is 18.0 Å². The van der Waals surface area contributed by atoms with E-state index in [0.717, 1.165) is 0 Å². The van der Waals surface area contributed by atoms with E-state index in [0.29, 0.717) is 22.7 Å². The van der Waals surface area contributed by atoms with Crippen molar-refractivity contribution in [1.82, 2.24) is 19.5 Å². The zero-order chi connectivity index (χ0) is 23.7. The van der Waals surface area contributed by atoms with Crippen molar-refractivity contribution in [3.8, 4) is 0 Å². The molecule has 2 aliphatic heterocycles. The molecule has 3 rings (SSSR count). The Kier molecular flexibility index (Phi) is 6.74. The van der Waals surface area contributed by atoms with Crippen LogP contribution in [-0.4, -0.2) is 80.9 Å². The Morgan fingerprint density at radius 2 is 2.00 bits per heavy atom. The summed E-state index contributed by atoms with van der Waals surface area (Å²) in [6, 6.07) is -1.91. The summed E-state index contributed by atoms with van der Waals surface area (Å²) in [6.07, 6.45) is -0.498. The molecule has 2 aliphatic rings. The minimum Gasteiger partial charge on any atom is -0.724 e. The molecule has 3 heterocycles. The lowest BCUT2D eigenvalue weighted by Gasteiger charge is -2.28. The number of carbonyl (C=O) groups is 2. The van der Waals surface area contributed by atoms with Gasteiger partial charge in [-0.2, -0.15) is 22.5 Å². The van der Waals surface area contributed by atoms with Gasteiger partial charge in [-0.1, -0.05) is 6.08 Å². The molecule has 31 heavy (non-hydrogen) atoms. The molecule has 1 fully saturated rings. The molecule has 4 N–H and O–H groups in total. The maximum atomic E-state index is 12.3. The van der Waals surface area contributed by atoms with E-state index in [1.807, 2.05) is 0 Å². The van der Waals surface area contributed by atoms with Crippen molar-refractivity contribution in [2.24, 2.45) is 7.05 Å². The summed E-state index contributed by atoms with van der Waals surface area (Å²) in [5.41, 5.74) is 4.38.